The molecule has 12 nitrogen and oxygen atoms in total. The van der Waals surface area contributed by atoms with Crippen LogP contribution in [-0.2, 0) is 40.6 Å². The molecular formula is C40H70BrN9O3+2. The normalized spacial score (nSPS) is 13.3. The van der Waals surface area contributed by atoms with Crippen molar-refractivity contribution in [3.8, 4) is 0 Å². The minimum Gasteiger partial charge on any atom is -1.00 e. The number of allylic oxidation sites excluding steroid dienone is 1. The van der Waals surface area contributed by atoms with Crippen molar-refractivity contribution in [2.75, 3.05) is 33.1 Å². The SMILES string of the molecule is C/C=C\N(C=[NH+]CCCCCC)CCC(=O)N1CN(C(=O)CCn2cc[n+](CCCCCC)c2)CN(C(=O)CCn2cc[n+](CCCCCC)c2)C1.[Br-]. The lowest BCUT2D eigenvalue weighted by atomic mass is 10.2. The highest BCUT2D eigenvalue weighted by Crippen LogP contribution is 2.14. The average molecular weight is 805 g/mol. The smallest absolute Gasteiger partial charge is 0.243 e. The van der Waals surface area contributed by atoms with Crippen LogP contribution in [0, 0.1) is 0 Å². The maximum absolute atomic E-state index is 13.7. The van der Waals surface area contributed by atoms with Crippen molar-refractivity contribution in [3.63, 3.8) is 0 Å². The zero-order valence-electron chi connectivity index (χ0n) is 33.3. The molecule has 0 atom stereocenters. The Morgan fingerprint density at radius 3 is 1.57 bits per heavy atom. The number of unbranched alkanes of at least 4 members (excludes halogenated alkanes) is 9. The number of nitrogens with one attached hydrogen (secondary N) is 1. The molecule has 0 saturated carbocycles. The fourth-order valence-corrected chi connectivity index (χ4v) is 6.43. The Morgan fingerprint density at radius 1 is 0.660 bits per heavy atom. The van der Waals surface area contributed by atoms with E-state index in [1.54, 1.807) is 14.7 Å². The van der Waals surface area contributed by atoms with Gasteiger partial charge in [0.15, 0.2) is 0 Å². The van der Waals surface area contributed by atoms with Gasteiger partial charge in [0.25, 0.3) is 0 Å². The molecule has 1 saturated heterocycles. The summed E-state index contributed by atoms with van der Waals surface area (Å²) < 4.78 is 8.45. The van der Waals surface area contributed by atoms with Crippen molar-refractivity contribution in [1.29, 1.82) is 0 Å². The Morgan fingerprint density at radius 2 is 1.11 bits per heavy atom. The molecule has 53 heavy (non-hydrogen) atoms. The second-order valence-corrected chi connectivity index (χ2v) is 14.2. The van der Waals surface area contributed by atoms with Gasteiger partial charge in [-0.1, -0.05) is 59.3 Å². The number of hydrogen-bond acceptors (Lipinski definition) is 3. The molecule has 1 N–H and O–H groups in total. The number of carbonyl (C=O) groups is 3. The monoisotopic (exact) mass is 803 g/mol. The number of aryl methyl sites for hydroxylation is 4. The summed E-state index contributed by atoms with van der Waals surface area (Å²) >= 11 is 0. The zero-order valence-corrected chi connectivity index (χ0v) is 34.9. The van der Waals surface area contributed by atoms with Gasteiger partial charge in [-0.05, 0) is 51.5 Å². The molecule has 0 bridgehead atoms. The summed E-state index contributed by atoms with van der Waals surface area (Å²) in [6, 6.07) is 0. The van der Waals surface area contributed by atoms with E-state index in [4.69, 9.17) is 0 Å². The van der Waals surface area contributed by atoms with Gasteiger partial charge < -0.3 is 31.7 Å². The Hall–Kier alpha value is -3.48. The van der Waals surface area contributed by atoms with Crippen molar-refractivity contribution in [2.24, 2.45) is 0 Å². The lowest BCUT2D eigenvalue weighted by Crippen LogP contribution is -3.00. The second-order valence-electron chi connectivity index (χ2n) is 14.2. The summed E-state index contributed by atoms with van der Waals surface area (Å²) in [5, 5.41) is 0. The minimum atomic E-state index is -0.0785. The van der Waals surface area contributed by atoms with E-state index in [2.05, 4.69) is 59.9 Å². The number of aromatic nitrogens is 4. The van der Waals surface area contributed by atoms with E-state index in [0.29, 0.717) is 32.5 Å². The van der Waals surface area contributed by atoms with Gasteiger partial charge in [-0.15, -0.1) is 0 Å². The molecule has 2 aromatic rings. The lowest BCUT2D eigenvalue weighted by Gasteiger charge is -2.42. The predicted molar refractivity (Wildman–Crippen MR) is 204 cm³/mol. The zero-order chi connectivity index (χ0) is 37.4. The van der Waals surface area contributed by atoms with Crippen LogP contribution in [0.25, 0.3) is 0 Å². The molecule has 298 valence electrons. The molecule has 3 heterocycles. The molecule has 1 fully saturated rings. The molecule has 0 radical (unpaired) electrons. The van der Waals surface area contributed by atoms with Crippen molar-refractivity contribution in [1.82, 2.24) is 28.7 Å². The molecule has 0 unspecified atom stereocenters. The summed E-state index contributed by atoms with van der Waals surface area (Å²) in [6.07, 6.45) is 33.4. The predicted octanol–water partition coefficient (Wildman–Crippen LogP) is 0.796. The molecule has 0 aromatic carbocycles. The lowest BCUT2D eigenvalue weighted by molar-refractivity contribution is -0.697. The molecule has 1 aliphatic rings. The summed E-state index contributed by atoms with van der Waals surface area (Å²) in [5.41, 5.74) is 0. The van der Waals surface area contributed by atoms with Crippen LogP contribution in [0.1, 0.15) is 124 Å². The summed E-state index contributed by atoms with van der Waals surface area (Å²) in [7, 11) is 0. The molecule has 3 rings (SSSR count). The summed E-state index contributed by atoms with van der Waals surface area (Å²) in [4.78, 5) is 51.3. The van der Waals surface area contributed by atoms with Gasteiger partial charge in [-0.2, -0.15) is 0 Å². The third-order valence-corrected chi connectivity index (χ3v) is 9.64. The van der Waals surface area contributed by atoms with Crippen LogP contribution in [0.5, 0.6) is 0 Å². The largest absolute Gasteiger partial charge is 1.00 e. The third-order valence-electron chi connectivity index (χ3n) is 9.64. The van der Waals surface area contributed by atoms with E-state index >= 15 is 0 Å². The molecular weight excluding hydrogens is 734 g/mol. The van der Waals surface area contributed by atoms with Crippen LogP contribution in [-0.4, -0.2) is 85.9 Å². The van der Waals surface area contributed by atoms with E-state index in [0.717, 1.165) is 38.9 Å². The minimum absolute atomic E-state index is 0. The number of halogens is 1. The number of nitrogens with zero attached hydrogens (tertiary/aromatic N) is 8. The van der Waals surface area contributed by atoms with Gasteiger partial charge in [-0.25, -0.2) is 23.2 Å². The molecule has 2 aromatic heterocycles. The first-order valence-corrected chi connectivity index (χ1v) is 20.2. The second kappa shape index (κ2) is 27.2. The van der Waals surface area contributed by atoms with Crippen molar-refractivity contribution in [2.45, 2.75) is 150 Å². The van der Waals surface area contributed by atoms with Crippen LogP contribution in [0.4, 0.5) is 0 Å². The number of carbonyl (C=O) groups excluding carboxylic acids is 3. The van der Waals surface area contributed by atoms with E-state index in [9.17, 15) is 14.4 Å². The fraction of sp³-hybridized carbons (Fsp3) is 0.700. The Balaban J connectivity index is 0.00000972. The van der Waals surface area contributed by atoms with E-state index < -0.39 is 0 Å². The van der Waals surface area contributed by atoms with Gasteiger partial charge in [0.1, 0.15) is 24.8 Å². The maximum atomic E-state index is 13.7. The van der Waals surface area contributed by atoms with Crippen LogP contribution >= 0.6 is 0 Å². The fourth-order valence-electron chi connectivity index (χ4n) is 6.43. The number of hydrogen-bond donors (Lipinski definition) is 1. The molecule has 0 aliphatic carbocycles. The van der Waals surface area contributed by atoms with Gasteiger partial charge in [-0.3, -0.25) is 19.4 Å². The molecule has 0 spiro atoms. The highest BCUT2D eigenvalue weighted by atomic mass is 79.9. The summed E-state index contributed by atoms with van der Waals surface area (Å²) in [5.74, 6) is -0.210. The highest BCUT2D eigenvalue weighted by Gasteiger charge is 2.32. The van der Waals surface area contributed by atoms with E-state index in [1.165, 1.54) is 57.8 Å². The van der Waals surface area contributed by atoms with Gasteiger partial charge in [0.05, 0.1) is 84.7 Å². The maximum Gasteiger partial charge on any atom is 0.243 e. The Kier molecular flexibility index (Phi) is 23.4. The molecule has 13 heteroatoms. The van der Waals surface area contributed by atoms with Gasteiger partial charge in [0, 0.05) is 0 Å². The van der Waals surface area contributed by atoms with Crippen LogP contribution in [0.3, 0.4) is 0 Å². The van der Waals surface area contributed by atoms with Crippen molar-refractivity contribution in [3.05, 3.63) is 49.7 Å². The van der Waals surface area contributed by atoms with Gasteiger partial charge in [0.2, 0.25) is 36.7 Å². The van der Waals surface area contributed by atoms with E-state index in [-0.39, 0.29) is 61.1 Å². The molecule has 3 amide bonds. The first kappa shape index (κ1) is 45.7. The topological polar surface area (TPSA) is 95.8 Å². The first-order chi connectivity index (χ1) is 25.4. The van der Waals surface area contributed by atoms with Crippen LogP contribution in [0.2, 0.25) is 0 Å². The first-order valence-electron chi connectivity index (χ1n) is 20.2. The van der Waals surface area contributed by atoms with Crippen LogP contribution in [0.15, 0.2) is 49.7 Å². The third kappa shape index (κ3) is 17.9. The highest BCUT2D eigenvalue weighted by molar-refractivity contribution is 5.82. The molecule has 1 aliphatic heterocycles. The van der Waals surface area contributed by atoms with Crippen molar-refractivity contribution >= 4 is 24.1 Å². The average Bonchev–Trinajstić information content (AvgIpc) is 3.82. The number of imidazole rings is 2. The quantitative estimate of drug-likeness (QED) is 0.0660. The van der Waals surface area contributed by atoms with Gasteiger partial charge >= 0.3 is 0 Å². The Labute approximate surface area is 330 Å². The Bertz CT molecular complexity index is 1300. The standard InChI is InChI=1S/C40H69N9O3.BrH/c1-5-9-12-15-21-41-32-42(22-8-4)25-18-38(50)47-35-48(39(51)19-26-45-30-28-43(33-45)23-16-13-10-6-2)37-49(36-47)40(52)20-27-46-31-29-44(34-46)24-17-14-11-7-3;/h8,22,28-34H,5-7,9-21,23-27,35-37H2,1-4H3;1H/q+2;/b22-8-,41-32?;. The van der Waals surface area contributed by atoms with E-state index in [1.807, 2.05) is 52.0 Å². The van der Waals surface area contributed by atoms with Crippen LogP contribution < -0.4 is 31.1 Å². The number of rotatable bonds is 26. The summed E-state index contributed by atoms with van der Waals surface area (Å²) in [6.45, 7) is 13.6. The van der Waals surface area contributed by atoms with Crippen molar-refractivity contribution < 1.29 is 45.5 Å². The number of amides is 3.